The molecular formula is C13H14N4O2S. The van der Waals surface area contributed by atoms with Crippen LogP contribution in [0.4, 0.5) is 5.82 Å². The van der Waals surface area contributed by atoms with E-state index >= 15 is 0 Å². The Labute approximate surface area is 121 Å². The van der Waals surface area contributed by atoms with Crippen LogP contribution in [0.5, 0.6) is 5.75 Å². The minimum atomic E-state index is -0.316. The van der Waals surface area contributed by atoms with Crippen molar-refractivity contribution in [3.63, 3.8) is 0 Å². The second kappa shape index (κ2) is 5.30. The molecule has 4 N–H and O–H groups in total. The Bertz CT molecular complexity index is 694. The van der Waals surface area contributed by atoms with Gasteiger partial charge in [0.05, 0.1) is 11.8 Å². The molecule has 6 nitrogen and oxygen atoms in total. The van der Waals surface area contributed by atoms with E-state index in [0.717, 1.165) is 0 Å². The lowest BCUT2D eigenvalue weighted by molar-refractivity contribution is 0.102. The van der Waals surface area contributed by atoms with Gasteiger partial charge in [0.15, 0.2) is 0 Å². The summed E-state index contributed by atoms with van der Waals surface area (Å²) >= 11 is 4.92. The van der Waals surface area contributed by atoms with Gasteiger partial charge in [-0.15, -0.1) is 0 Å². The van der Waals surface area contributed by atoms with Gasteiger partial charge < -0.3 is 16.2 Å². The van der Waals surface area contributed by atoms with Gasteiger partial charge in [0.2, 0.25) is 0 Å². The van der Waals surface area contributed by atoms with Crippen LogP contribution >= 0.6 is 12.2 Å². The summed E-state index contributed by atoms with van der Waals surface area (Å²) in [6, 6.07) is 4.53. The highest BCUT2D eigenvalue weighted by Gasteiger charge is 2.16. The van der Waals surface area contributed by atoms with Crippen molar-refractivity contribution in [1.82, 2.24) is 9.78 Å². The molecule has 0 aliphatic rings. The van der Waals surface area contributed by atoms with Gasteiger partial charge in [-0.1, -0.05) is 12.2 Å². The lowest BCUT2D eigenvalue weighted by Gasteiger charge is -2.10. The maximum atomic E-state index is 12.3. The number of hydrogen-bond donors (Lipinski definition) is 3. The van der Waals surface area contributed by atoms with Crippen molar-refractivity contribution < 1.29 is 9.90 Å². The number of rotatable bonds is 3. The number of hydrogen-bond acceptors (Lipinski definition) is 4. The summed E-state index contributed by atoms with van der Waals surface area (Å²) in [6.07, 6.45) is 1.50. The molecule has 0 fully saturated rings. The zero-order valence-electron chi connectivity index (χ0n) is 11.0. The minimum Gasteiger partial charge on any atom is -0.508 e. The van der Waals surface area contributed by atoms with E-state index in [1.54, 1.807) is 20.0 Å². The largest absolute Gasteiger partial charge is 0.508 e. The van der Waals surface area contributed by atoms with Crippen molar-refractivity contribution >= 4 is 28.9 Å². The van der Waals surface area contributed by atoms with Crippen LogP contribution in [0.2, 0.25) is 0 Å². The summed E-state index contributed by atoms with van der Waals surface area (Å²) < 4.78 is 1.49. The van der Waals surface area contributed by atoms with E-state index in [2.05, 4.69) is 10.4 Å². The number of carbonyl (C=O) groups is 1. The number of nitrogens with zero attached hydrogens (tertiary/aromatic N) is 2. The van der Waals surface area contributed by atoms with Crippen molar-refractivity contribution in [2.75, 3.05) is 5.32 Å². The molecule has 0 aliphatic carbocycles. The number of nitrogens with two attached hydrogens (primary N) is 1. The Kier molecular flexibility index (Phi) is 3.71. The average molecular weight is 290 g/mol. The van der Waals surface area contributed by atoms with Gasteiger partial charge in [-0.25, -0.2) is 0 Å². The third kappa shape index (κ3) is 2.62. The van der Waals surface area contributed by atoms with E-state index < -0.39 is 0 Å². The quantitative estimate of drug-likeness (QED) is 0.741. The summed E-state index contributed by atoms with van der Waals surface area (Å²) in [7, 11) is 1.68. The summed E-state index contributed by atoms with van der Waals surface area (Å²) in [4.78, 5) is 12.4. The molecule has 0 unspecified atom stereocenters. The van der Waals surface area contributed by atoms with Gasteiger partial charge in [0.25, 0.3) is 5.91 Å². The number of amides is 1. The predicted molar refractivity (Wildman–Crippen MR) is 79.9 cm³/mol. The normalized spacial score (nSPS) is 10.3. The summed E-state index contributed by atoms with van der Waals surface area (Å²) in [5, 5.41) is 16.1. The molecule has 2 rings (SSSR count). The Morgan fingerprint density at radius 1 is 1.45 bits per heavy atom. The molecule has 1 aromatic carbocycles. The number of aromatic hydroxyl groups is 1. The van der Waals surface area contributed by atoms with E-state index in [0.29, 0.717) is 22.5 Å². The average Bonchev–Trinajstić information content (AvgIpc) is 2.71. The number of thiocarbonyl (C=S) groups is 1. The highest BCUT2D eigenvalue weighted by molar-refractivity contribution is 7.80. The monoisotopic (exact) mass is 290 g/mol. The molecule has 0 saturated carbocycles. The first kappa shape index (κ1) is 14.0. The first-order chi connectivity index (χ1) is 9.40. The topological polar surface area (TPSA) is 93.2 Å². The molecule has 0 spiro atoms. The Morgan fingerprint density at radius 2 is 2.15 bits per heavy atom. The highest BCUT2D eigenvalue weighted by Crippen LogP contribution is 2.19. The van der Waals surface area contributed by atoms with Crippen LogP contribution < -0.4 is 11.1 Å². The van der Waals surface area contributed by atoms with Crippen molar-refractivity contribution in [3.8, 4) is 5.75 Å². The highest BCUT2D eigenvalue weighted by atomic mass is 32.1. The Hall–Kier alpha value is -2.41. The number of benzene rings is 1. The number of phenols is 1. The number of nitrogens with one attached hydrogen (secondary N) is 1. The lowest BCUT2D eigenvalue weighted by Crippen LogP contribution is -2.19. The molecule has 0 aliphatic heterocycles. The fourth-order valence-electron chi connectivity index (χ4n) is 1.84. The molecule has 104 valence electrons. The van der Waals surface area contributed by atoms with Crippen molar-refractivity contribution in [2.24, 2.45) is 12.8 Å². The molecule has 0 radical (unpaired) electrons. The van der Waals surface area contributed by atoms with Crippen LogP contribution in [0.25, 0.3) is 0 Å². The smallest absolute Gasteiger partial charge is 0.257 e. The van der Waals surface area contributed by atoms with Crippen LogP contribution in [0.1, 0.15) is 21.5 Å². The third-order valence-electron chi connectivity index (χ3n) is 2.89. The molecule has 0 bridgehead atoms. The molecule has 1 heterocycles. The third-order valence-corrected chi connectivity index (χ3v) is 3.11. The van der Waals surface area contributed by atoms with Crippen molar-refractivity contribution in [2.45, 2.75) is 6.92 Å². The molecule has 2 aromatic rings. The van der Waals surface area contributed by atoms with Crippen LogP contribution in [-0.4, -0.2) is 25.8 Å². The number of anilines is 1. The Morgan fingerprint density at radius 3 is 2.75 bits per heavy atom. The van der Waals surface area contributed by atoms with Gasteiger partial charge in [0, 0.05) is 12.6 Å². The van der Waals surface area contributed by atoms with E-state index in [9.17, 15) is 9.90 Å². The minimum absolute atomic E-state index is 0.114. The van der Waals surface area contributed by atoms with E-state index in [-0.39, 0.29) is 16.6 Å². The van der Waals surface area contributed by atoms with Crippen molar-refractivity contribution in [1.29, 1.82) is 0 Å². The van der Waals surface area contributed by atoms with E-state index in [4.69, 9.17) is 18.0 Å². The molecule has 1 amide bonds. The maximum absolute atomic E-state index is 12.3. The summed E-state index contributed by atoms with van der Waals surface area (Å²) in [5.41, 5.74) is 7.22. The summed E-state index contributed by atoms with van der Waals surface area (Å²) in [5.74, 6) is 0.238. The van der Waals surface area contributed by atoms with Gasteiger partial charge in [-0.05, 0) is 30.7 Å². The maximum Gasteiger partial charge on any atom is 0.257 e. The fourth-order valence-corrected chi connectivity index (χ4v) is 1.99. The second-order valence-corrected chi connectivity index (χ2v) is 4.79. The molecule has 20 heavy (non-hydrogen) atoms. The molecular weight excluding hydrogens is 276 g/mol. The van der Waals surface area contributed by atoms with Gasteiger partial charge in [-0.3, -0.25) is 9.48 Å². The van der Waals surface area contributed by atoms with E-state index in [1.165, 1.54) is 23.0 Å². The number of phenolic OH excluding ortho intramolecular Hbond substituents is 1. The predicted octanol–water partition coefficient (Wildman–Crippen LogP) is 1.32. The first-order valence-electron chi connectivity index (χ1n) is 5.83. The molecule has 0 saturated heterocycles. The zero-order valence-corrected chi connectivity index (χ0v) is 11.9. The Balaban J connectivity index is 2.33. The van der Waals surface area contributed by atoms with Crippen LogP contribution in [-0.2, 0) is 7.05 Å². The zero-order chi connectivity index (χ0) is 14.9. The number of aromatic nitrogens is 2. The summed E-state index contributed by atoms with van der Waals surface area (Å²) in [6.45, 7) is 1.74. The number of aryl methyl sites for hydroxylation is 2. The first-order valence-corrected chi connectivity index (χ1v) is 6.23. The van der Waals surface area contributed by atoms with Gasteiger partial charge in [-0.2, -0.15) is 5.10 Å². The van der Waals surface area contributed by atoms with Crippen LogP contribution in [0.15, 0.2) is 24.4 Å². The molecule has 7 heteroatoms. The number of carbonyl (C=O) groups excluding carboxylic acids is 1. The molecule has 1 aromatic heterocycles. The van der Waals surface area contributed by atoms with Gasteiger partial charge >= 0.3 is 0 Å². The van der Waals surface area contributed by atoms with E-state index in [1.807, 2.05) is 0 Å². The second-order valence-electron chi connectivity index (χ2n) is 4.35. The lowest BCUT2D eigenvalue weighted by atomic mass is 10.1. The standard InChI is InChI=1S/C13H14N4O2S/c1-7-5-8(18)3-4-9(7)13(19)16-12-10(11(14)20)6-15-17(12)2/h3-6,18H,1-2H3,(H2,14,20)(H,16,19). The van der Waals surface area contributed by atoms with Crippen LogP contribution in [0.3, 0.4) is 0 Å². The van der Waals surface area contributed by atoms with Crippen molar-refractivity contribution in [3.05, 3.63) is 41.1 Å². The SMILES string of the molecule is Cc1cc(O)ccc1C(=O)Nc1c(C(N)=S)cnn1C. The van der Waals surface area contributed by atoms with Crippen LogP contribution in [0, 0.1) is 6.92 Å². The molecule has 0 atom stereocenters. The fraction of sp³-hybridized carbons (Fsp3) is 0.154. The van der Waals surface area contributed by atoms with Gasteiger partial charge in [0.1, 0.15) is 16.6 Å².